The number of carbonyl (C=O) groups is 1. The van der Waals surface area contributed by atoms with Crippen LogP contribution in [0.3, 0.4) is 0 Å². The minimum absolute atomic E-state index is 0.279. The first-order valence-electron chi connectivity index (χ1n) is 7.37. The van der Waals surface area contributed by atoms with Gasteiger partial charge in [-0.25, -0.2) is 0 Å². The Hall–Kier alpha value is -2.92. The lowest BCUT2D eigenvalue weighted by Gasteiger charge is -2.08. The summed E-state index contributed by atoms with van der Waals surface area (Å²) in [5.41, 5.74) is 2.72. The van der Waals surface area contributed by atoms with Crippen molar-refractivity contribution in [1.82, 2.24) is 9.97 Å². The van der Waals surface area contributed by atoms with Crippen molar-refractivity contribution in [2.45, 2.75) is 6.54 Å². The Labute approximate surface area is 144 Å². The third-order valence-corrected chi connectivity index (χ3v) is 3.55. The number of hydrogen-bond acceptors (Lipinski definition) is 4. The van der Waals surface area contributed by atoms with Gasteiger partial charge in [-0.1, -0.05) is 17.7 Å². The molecule has 0 aliphatic carbocycles. The molecule has 5 nitrogen and oxygen atoms in total. The summed E-state index contributed by atoms with van der Waals surface area (Å²) in [5.74, 6) is -0.279. The number of halogens is 1. The number of anilines is 2. The van der Waals surface area contributed by atoms with Crippen molar-refractivity contribution in [3.8, 4) is 0 Å². The summed E-state index contributed by atoms with van der Waals surface area (Å²) in [7, 11) is 0. The van der Waals surface area contributed by atoms with Crippen LogP contribution in [0.2, 0.25) is 5.02 Å². The molecule has 0 aliphatic heterocycles. The molecule has 3 rings (SSSR count). The number of rotatable bonds is 5. The summed E-state index contributed by atoms with van der Waals surface area (Å²) in [6.45, 7) is 0.573. The van der Waals surface area contributed by atoms with E-state index in [-0.39, 0.29) is 5.91 Å². The number of hydrogen-bond donors (Lipinski definition) is 2. The Morgan fingerprint density at radius 3 is 2.54 bits per heavy atom. The van der Waals surface area contributed by atoms with Gasteiger partial charge in [-0.2, -0.15) is 0 Å². The van der Waals surface area contributed by atoms with Crippen LogP contribution in [0, 0.1) is 0 Å². The molecular weight excluding hydrogens is 324 g/mol. The van der Waals surface area contributed by atoms with Gasteiger partial charge in [0.15, 0.2) is 0 Å². The largest absolute Gasteiger partial charge is 0.379 e. The monoisotopic (exact) mass is 338 g/mol. The fourth-order valence-corrected chi connectivity index (χ4v) is 2.21. The van der Waals surface area contributed by atoms with Gasteiger partial charge in [0.2, 0.25) is 0 Å². The van der Waals surface area contributed by atoms with Crippen LogP contribution in [-0.2, 0) is 6.54 Å². The molecule has 6 heteroatoms. The van der Waals surface area contributed by atoms with Crippen LogP contribution in [0.4, 0.5) is 11.4 Å². The second kappa shape index (κ2) is 7.57. The van der Waals surface area contributed by atoms with E-state index in [1.165, 1.54) is 0 Å². The van der Waals surface area contributed by atoms with E-state index >= 15 is 0 Å². The van der Waals surface area contributed by atoms with Crippen molar-refractivity contribution in [2.75, 3.05) is 10.6 Å². The number of amides is 1. The molecular formula is C18H15ClN4O. The van der Waals surface area contributed by atoms with Crippen LogP contribution < -0.4 is 10.6 Å². The summed E-state index contributed by atoms with van der Waals surface area (Å²) >= 11 is 5.83. The fourth-order valence-electron chi connectivity index (χ4n) is 2.09. The second-order valence-electron chi connectivity index (χ2n) is 5.07. The van der Waals surface area contributed by atoms with Crippen LogP contribution >= 0.6 is 11.6 Å². The molecule has 2 N–H and O–H groups in total. The number of benzene rings is 1. The van der Waals surface area contributed by atoms with E-state index in [0.717, 1.165) is 11.4 Å². The molecule has 24 heavy (non-hydrogen) atoms. The van der Waals surface area contributed by atoms with Crippen LogP contribution in [0.5, 0.6) is 0 Å². The van der Waals surface area contributed by atoms with Crippen molar-refractivity contribution in [3.05, 3.63) is 83.4 Å². The van der Waals surface area contributed by atoms with Crippen LogP contribution in [-0.4, -0.2) is 15.9 Å². The zero-order chi connectivity index (χ0) is 16.8. The molecule has 0 saturated heterocycles. The van der Waals surface area contributed by atoms with Gasteiger partial charge in [-0.3, -0.25) is 14.8 Å². The van der Waals surface area contributed by atoms with E-state index in [1.54, 1.807) is 42.7 Å². The molecule has 1 amide bonds. The highest BCUT2D eigenvalue weighted by Gasteiger charge is 2.08. The molecule has 2 aromatic heterocycles. The first-order chi connectivity index (χ1) is 11.7. The first-order valence-corrected chi connectivity index (χ1v) is 7.75. The molecule has 0 aliphatic rings. The van der Waals surface area contributed by atoms with E-state index in [1.807, 2.05) is 24.3 Å². The maximum atomic E-state index is 12.3. The molecule has 0 bridgehead atoms. The third-order valence-electron chi connectivity index (χ3n) is 3.29. The highest BCUT2D eigenvalue weighted by Crippen LogP contribution is 2.15. The van der Waals surface area contributed by atoms with Gasteiger partial charge in [0.1, 0.15) is 5.69 Å². The summed E-state index contributed by atoms with van der Waals surface area (Å²) in [4.78, 5) is 20.6. The zero-order valence-corrected chi connectivity index (χ0v) is 13.5. The lowest BCUT2D eigenvalue weighted by atomic mass is 10.2. The zero-order valence-electron chi connectivity index (χ0n) is 12.7. The van der Waals surface area contributed by atoms with Crippen molar-refractivity contribution < 1.29 is 4.79 Å². The maximum Gasteiger partial charge on any atom is 0.274 e. The Morgan fingerprint density at radius 2 is 1.79 bits per heavy atom. The predicted octanol–water partition coefficient (Wildman–Crippen LogP) is 3.99. The van der Waals surface area contributed by atoms with Crippen molar-refractivity contribution in [3.63, 3.8) is 0 Å². The quantitative estimate of drug-likeness (QED) is 0.738. The minimum Gasteiger partial charge on any atom is -0.379 e. The standard InChI is InChI=1S/C18H15ClN4O/c19-13-4-6-14(7-5-13)23-18(24)17-11-15(8-10-21-17)22-12-16-3-1-2-9-20-16/h1-11H,12H2,(H,21,22)(H,23,24). The molecule has 0 atom stereocenters. The smallest absolute Gasteiger partial charge is 0.274 e. The molecule has 0 unspecified atom stereocenters. The normalized spacial score (nSPS) is 10.2. The van der Waals surface area contributed by atoms with Gasteiger partial charge in [-0.15, -0.1) is 0 Å². The highest BCUT2D eigenvalue weighted by molar-refractivity contribution is 6.30. The molecule has 1 aromatic carbocycles. The predicted molar refractivity (Wildman–Crippen MR) is 95.2 cm³/mol. The Balaban J connectivity index is 1.65. The van der Waals surface area contributed by atoms with Gasteiger partial charge >= 0.3 is 0 Å². The number of nitrogens with zero attached hydrogens (tertiary/aromatic N) is 2. The third kappa shape index (κ3) is 4.30. The van der Waals surface area contributed by atoms with E-state index < -0.39 is 0 Å². The maximum absolute atomic E-state index is 12.3. The summed E-state index contributed by atoms with van der Waals surface area (Å²) in [6, 6.07) is 16.2. The Kier molecular flexibility index (Phi) is 5.03. The Morgan fingerprint density at radius 1 is 0.958 bits per heavy atom. The van der Waals surface area contributed by atoms with Crippen molar-refractivity contribution >= 4 is 28.9 Å². The summed E-state index contributed by atoms with van der Waals surface area (Å²) in [5, 5.41) is 6.63. The number of aromatic nitrogens is 2. The van der Waals surface area contributed by atoms with Crippen LogP contribution in [0.1, 0.15) is 16.2 Å². The second-order valence-corrected chi connectivity index (χ2v) is 5.50. The van der Waals surface area contributed by atoms with Gasteiger partial charge in [0.25, 0.3) is 5.91 Å². The molecule has 0 spiro atoms. The molecule has 0 radical (unpaired) electrons. The molecule has 0 saturated carbocycles. The van der Waals surface area contributed by atoms with Gasteiger partial charge in [0.05, 0.1) is 12.2 Å². The topological polar surface area (TPSA) is 66.9 Å². The average Bonchev–Trinajstić information content (AvgIpc) is 2.63. The SMILES string of the molecule is O=C(Nc1ccc(Cl)cc1)c1cc(NCc2ccccn2)ccn1. The van der Waals surface area contributed by atoms with Crippen LogP contribution in [0.25, 0.3) is 0 Å². The molecule has 0 fully saturated rings. The molecule has 2 heterocycles. The number of pyridine rings is 2. The molecule has 120 valence electrons. The summed E-state index contributed by atoms with van der Waals surface area (Å²) < 4.78 is 0. The average molecular weight is 339 g/mol. The fraction of sp³-hybridized carbons (Fsp3) is 0.0556. The van der Waals surface area contributed by atoms with Gasteiger partial charge < -0.3 is 10.6 Å². The summed E-state index contributed by atoms with van der Waals surface area (Å²) in [6.07, 6.45) is 3.34. The molecule has 3 aromatic rings. The highest BCUT2D eigenvalue weighted by atomic mass is 35.5. The number of carbonyl (C=O) groups excluding carboxylic acids is 1. The van der Waals surface area contributed by atoms with Gasteiger partial charge in [-0.05, 0) is 48.5 Å². The first kappa shape index (κ1) is 16.0. The van der Waals surface area contributed by atoms with Crippen molar-refractivity contribution in [2.24, 2.45) is 0 Å². The van der Waals surface area contributed by atoms with E-state index in [4.69, 9.17) is 11.6 Å². The van der Waals surface area contributed by atoms with E-state index in [2.05, 4.69) is 20.6 Å². The van der Waals surface area contributed by atoms with Crippen molar-refractivity contribution in [1.29, 1.82) is 0 Å². The lowest BCUT2D eigenvalue weighted by Crippen LogP contribution is -2.14. The van der Waals surface area contributed by atoms with E-state index in [0.29, 0.717) is 22.9 Å². The van der Waals surface area contributed by atoms with E-state index in [9.17, 15) is 4.79 Å². The lowest BCUT2D eigenvalue weighted by molar-refractivity contribution is 0.102. The minimum atomic E-state index is -0.279. The van der Waals surface area contributed by atoms with Gasteiger partial charge in [0, 0.05) is 28.8 Å². The van der Waals surface area contributed by atoms with Crippen LogP contribution in [0.15, 0.2) is 67.0 Å². The Bertz CT molecular complexity index is 822. The number of nitrogens with one attached hydrogen (secondary N) is 2.